The lowest BCUT2D eigenvalue weighted by atomic mass is 9.51. The molecular weight excluding hydrogens is 629 g/mol. The molecule has 11 heteroatoms. The van der Waals surface area contributed by atoms with Crippen LogP contribution in [-0.2, 0) is 19.2 Å². The van der Waals surface area contributed by atoms with Gasteiger partial charge in [0.25, 0.3) is 0 Å². The summed E-state index contributed by atoms with van der Waals surface area (Å²) in [7, 11) is 1.43. The zero-order valence-electron chi connectivity index (χ0n) is 21.7. The molecule has 6 amide bonds. The van der Waals surface area contributed by atoms with E-state index in [2.05, 4.69) is 0 Å². The standard InChI is InChI=1S/C29H26IN3O7/c1-29-18(25(36)32(27(29)38)14-6-4-3-5-7-14)12-17-15(22(29)13-10-19(30)23(34)20(11-13)40-2)8-9-16-21(17)26(37)33(24(16)35)28(31)39/h3-8,10-11,16-18,21-22,34H,9,12H2,1-2H3,(H2,31,39). The lowest BCUT2D eigenvalue weighted by Crippen LogP contribution is -2.49. The van der Waals surface area contributed by atoms with Gasteiger partial charge in [-0.25, -0.2) is 9.69 Å². The van der Waals surface area contributed by atoms with Crippen molar-refractivity contribution in [3.63, 3.8) is 0 Å². The third-order valence-corrected chi connectivity index (χ3v) is 9.94. The molecule has 0 bridgehead atoms. The number of nitrogens with two attached hydrogens (primary N) is 1. The first-order chi connectivity index (χ1) is 19.0. The fourth-order valence-electron chi connectivity index (χ4n) is 7.35. The van der Waals surface area contributed by atoms with Crippen molar-refractivity contribution in [2.45, 2.75) is 25.7 Å². The molecule has 40 heavy (non-hydrogen) atoms. The number of ether oxygens (including phenoxy) is 1. The SMILES string of the molecule is COc1cc(C2C3=CCC4C(=O)N(C(N)=O)C(=O)C4C3CC3C(=O)N(c4ccccc4)C(=O)C32C)cc(I)c1O. The summed E-state index contributed by atoms with van der Waals surface area (Å²) in [5, 5.41) is 10.5. The van der Waals surface area contributed by atoms with Crippen LogP contribution in [0, 0.1) is 32.7 Å². The minimum absolute atomic E-state index is 0.0491. The van der Waals surface area contributed by atoms with Gasteiger partial charge in [0, 0.05) is 5.92 Å². The molecule has 4 aliphatic rings. The summed E-state index contributed by atoms with van der Waals surface area (Å²) in [6.07, 6.45) is 2.23. The van der Waals surface area contributed by atoms with Crippen molar-refractivity contribution in [1.82, 2.24) is 4.90 Å². The van der Waals surface area contributed by atoms with Crippen LogP contribution in [0.25, 0.3) is 0 Å². The number of para-hydroxylation sites is 1. The molecule has 206 valence electrons. The van der Waals surface area contributed by atoms with E-state index >= 15 is 0 Å². The first-order valence-corrected chi connectivity index (χ1v) is 14.0. The zero-order chi connectivity index (χ0) is 28.7. The van der Waals surface area contributed by atoms with Crippen LogP contribution in [-0.4, -0.2) is 46.8 Å². The predicted molar refractivity (Wildman–Crippen MR) is 150 cm³/mol. The number of hydrogen-bond donors (Lipinski definition) is 2. The Morgan fingerprint density at radius 3 is 2.42 bits per heavy atom. The van der Waals surface area contributed by atoms with Gasteiger partial charge in [0.1, 0.15) is 0 Å². The van der Waals surface area contributed by atoms with Gasteiger partial charge in [-0.2, -0.15) is 4.90 Å². The van der Waals surface area contributed by atoms with E-state index in [0.717, 1.165) is 5.57 Å². The molecular formula is C29H26IN3O7. The number of likely N-dealkylation sites (tertiary alicyclic amines) is 1. The Kier molecular flexibility index (Phi) is 6.06. The number of hydrogen-bond acceptors (Lipinski definition) is 7. The quantitative estimate of drug-likeness (QED) is 0.293. The Morgan fingerprint density at radius 2 is 1.77 bits per heavy atom. The fourth-order valence-corrected chi connectivity index (χ4v) is 7.98. The van der Waals surface area contributed by atoms with Gasteiger partial charge in [-0.15, -0.1) is 0 Å². The third kappa shape index (κ3) is 3.42. The van der Waals surface area contributed by atoms with Gasteiger partial charge in [-0.3, -0.25) is 19.2 Å². The van der Waals surface area contributed by atoms with Crippen LogP contribution in [0.3, 0.4) is 0 Å². The molecule has 1 saturated carbocycles. The number of urea groups is 1. The molecule has 0 radical (unpaired) electrons. The van der Waals surface area contributed by atoms with Crippen molar-refractivity contribution in [3.8, 4) is 11.5 Å². The maximum atomic E-state index is 14.3. The fraction of sp³-hybridized carbons (Fsp3) is 0.345. The summed E-state index contributed by atoms with van der Waals surface area (Å²) < 4.78 is 5.92. The maximum absolute atomic E-state index is 14.3. The van der Waals surface area contributed by atoms with Crippen molar-refractivity contribution in [2.75, 3.05) is 12.0 Å². The number of nitrogens with zero attached hydrogens (tertiary/aromatic N) is 2. The smallest absolute Gasteiger partial charge is 0.328 e. The maximum Gasteiger partial charge on any atom is 0.328 e. The summed E-state index contributed by atoms with van der Waals surface area (Å²) in [6, 6.07) is 11.0. The number of halogens is 1. The highest BCUT2D eigenvalue weighted by atomic mass is 127. The van der Waals surface area contributed by atoms with Crippen LogP contribution < -0.4 is 15.4 Å². The molecule has 2 aromatic rings. The number of imide groups is 4. The van der Waals surface area contributed by atoms with E-state index in [1.165, 1.54) is 12.0 Å². The molecule has 2 aliphatic carbocycles. The third-order valence-electron chi connectivity index (χ3n) is 9.11. The highest BCUT2D eigenvalue weighted by molar-refractivity contribution is 14.1. The number of amides is 6. The number of benzene rings is 2. The number of carbonyl (C=O) groups excluding carboxylic acids is 5. The van der Waals surface area contributed by atoms with Gasteiger partial charge >= 0.3 is 6.03 Å². The molecule has 0 aromatic heterocycles. The van der Waals surface area contributed by atoms with E-state index < -0.39 is 52.8 Å². The van der Waals surface area contributed by atoms with Crippen LogP contribution >= 0.6 is 22.6 Å². The minimum atomic E-state index is -1.23. The largest absolute Gasteiger partial charge is 0.504 e. The summed E-state index contributed by atoms with van der Waals surface area (Å²) in [5.74, 6) is -5.60. The minimum Gasteiger partial charge on any atom is -0.504 e. The Morgan fingerprint density at radius 1 is 1.07 bits per heavy atom. The number of allylic oxidation sites excluding steroid dienone is 2. The highest BCUT2D eigenvalue weighted by Gasteiger charge is 2.68. The van der Waals surface area contributed by atoms with Crippen LogP contribution in [0.1, 0.15) is 31.2 Å². The second-order valence-electron chi connectivity index (χ2n) is 10.9. The number of methoxy groups -OCH3 is 1. The number of phenolic OH excluding ortho intramolecular Hbond substituents is 1. The van der Waals surface area contributed by atoms with Crippen molar-refractivity contribution >= 4 is 57.9 Å². The Labute approximate surface area is 243 Å². The van der Waals surface area contributed by atoms with Gasteiger partial charge in [0.05, 0.1) is 39.5 Å². The second-order valence-corrected chi connectivity index (χ2v) is 12.1. The van der Waals surface area contributed by atoms with Crippen LogP contribution in [0.2, 0.25) is 0 Å². The normalized spacial score (nSPS) is 31.1. The molecule has 2 aliphatic heterocycles. The first kappa shape index (κ1) is 26.5. The lowest BCUT2D eigenvalue weighted by molar-refractivity contribution is -0.136. The molecule has 10 nitrogen and oxygen atoms in total. The van der Waals surface area contributed by atoms with Crippen molar-refractivity contribution in [2.24, 2.45) is 34.8 Å². The summed E-state index contributed by atoms with van der Waals surface area (Å²) in [6.45, 7) is 1.78. The molecule has 2 aromatic carbocycles. The van der Waals surface area contributed by atoms with Gasteiger partial charge < -0.3 is 15.6 Å². The predicted octanol–water partition coefficient (Wildman–Crippen LogP) is 3.31. The summed E-state index contributed by atoms with van der Waals surface area (Å²) in [4.78, 5) is 68.6. The molecule has 6 rings (SSSR count). The molecule has 3 N–H and O–H groups in total. The van der Waals surface area contributed by atoms with Gasteiger partial charge in [-0.1, -0.05) is 29.8 Å². The first-order valence-electron chi connectivity index (χ1n) is 12.9. The Balaban J connectivity index is 1.56. The van der Waals surface area contributed by atoms with Crippen molar-refractivity contribution in [1.29, 1.82) is 0 Å². The van der Waals surface area contributed by atoms with Crippen LogP contribution in [0.5, 0.6) is 11.5 Å². The second kappa shape index (κ2) is 9.15. The number of rotatable bonds is 3. The Hall–Kier alpha value is -3.74. The monoisotopic (exact) mass is 655 g/mol. The topological polar surface area (TPSA) is 147 Å². The van der Waals surface area contributed by atoms with E-state index in [0.29, 0.717) is 19.7 Å². The van der Waals surface area contributed by atoms with Crippen molar-refractivity contribution < 1.29 is 33.8 Å². The van der Waals surface area contributed by atoms with Gasteiger partial charge in [0.2, 0.25) is 23.6 Å². The average Bonchev–Trinajstić information content (AvgIpc) is 3.30. The van der Waals surface area contributed by atoms with E-state index in [4.69, 9.17) is 10.5 Å². The van der Waals surface area contributed by atoms with Crippen molar-refractivity contribution in [3.05, 3.63) is 63.2 Å². The van der Waals surface area contributed by atoms with E-state index in [9.17, 15) is 29.1 Å². The molecule has 2 saturated heterocycles. The zero-order valence-corrected chi connectivity index (χ0v) is 23.8. The van der Waals surface area contributed by atoms with E-state index in [1.54, 1.807) is 49.4 Å². The number of anilines is 1. The molecule has 3 fully saturated rings. The van der Waals surface area contributed by atoms with E-state index in [1.807, 2.05) is 28.7 Å². The summed E-state index contributed by atoms with van der Waals surface area (Å²) in [5.41, 5.74) is 6.01. The van der Waals surface area contributed by atoms with Crippen LogP contribution in [0.15, 0.2) is 54.1 Å². The molecule has 6 atom stereocenters. The number of aromatic hydroxyl groups is 1. The highest BCUT2D eigenvalue weighted by Crippen LogP contribution is 2.64. The molecule has 6 unspecified atom stereocenters. The van der Waals surface area contributed by atoms with Gasteiger partial charge in [-0.05, 0) is 78.1 Å². The summed E-state index contributed by atoms with van der Waals surface area (Å²) >= 11 is 1.98. The average molecular weight is 655 g/mol. The number of fused-ring (bicyclic) bond motifs is 4. The molecule has 0 spiro atoms. The number of primary amides is 1. The Bertz CT molecular complexity index is 1540. The molecule has 2 heterocycles. The van der Waals surface area contributed by atoms with Crippen LogP contribution in [0.4, 0.5) is 10.5 Å². The van der Waals surface area contributed by atoms with E-state index in [-0.39, 0.29) is 36.2 Å². The number of phenols is 1. The number of carbonyl (C=O) groups is 5. The van der Waals surface area contributed by atoms with Gasteiger partial charge in [0.15, 0.2) is 11.5 Å². The lowest BCUT2D eigenvalue weighted by Gasteiger charge is -2.49.